The predicted molar refractivity (Wildman–Crippen MR) is 79.2 cm³/mol. The number of nitrogens with zero attached hydrogens (tertiary/aromatic N) is 1. The minimum atomic E-state index is -3.72. The fraction of sp³-hybridized carbons (Fsp3) is 0.538. The highest BCUT2D eigenvalue weighted by Crippen LogP contribution is 2.25. The van der Waals surface area contributed by atoms with E-state index in [1.807, 2.05) is 7.05 Å². The molecule has 1 fully saturated rings. The number of piperidine rings is 1. The van der Waals surface area contributed by atoms with Crippen molar-refractivity contribution in [2.24, 2.45) is 0 Å². The first-order valence-electron chi connectivity index (χ1n) is 6.39. The fourth-order valence-corrected chi connectivity index (χ4v) is 4.20. The van der Waals surface area contributed by atoms with E-state index in [4.69, 9.17) is 0 Å². The SMILES string of the molecule is CNC1CCN(S(=O)(=O)c2c(C)cccc2F)CC1.Cl. The van der Waals surface area contributed by atoms with Crippen molar-refractivity contribution >= 4 is 22.4 Å². The Morgan fingerprint density at radius 1 is 1.30 bits per heavy atom. The number of sulfonamides is 1. The Hall–Kier alpha value is -0.690. The Kier molecular flexibility index (Phi) is 5.94. The zero-order valence-electron chi connectivity index (χ0n) is 11.6. The molecule has 0 amide bonds. The summed E-state index contributed by atoms with van der Waals surface area (Å²) >= 11 is 0. The van der Waals surface area contributed by atoms with Gasteiger partial charge in [0.1, 0.15) is 10.7 Å². The van der Waals surface area contributed by atoms with E-state index in [1.165, 1.54) is 16.4 Å². The number of hydrogen-bond donors (Lipinski definition) is 1. The molecule has 0 saturated carbocycles. The summed E-state index contributed by atoms with van der Waals surface area (Å²) < 4.78 is 40.2. The Morgan fingerprint density at radius 3 is 2.40 bits per heavy atom. The first-order chi connectivity index (χ1) is 8.96. The van der Waals surface area contributed by atoms with Crippen molar-refractivity contribution in [2.45, 2.75) is 30.7 Å². The molecule has 0 atom stereocenters. The molecular formula is C13H20ClFN2O2S. The summed E-state index contributed by atoms with van der Waals surface area (Å²) in [7, 11) is -1.85. The molecule has 1 heterocycles. The molecule has 1 aliphatic heterocycles. The topological polar surface area (TPSA) is 49.4 Å². The fourth-order valence-electron chi connectivity index (χ4n) is 2.46. The number of halogens is 2. The van der Waals surface area contributed by atoms with Crippen LogP contribution in [0.2, 0.25) is 0 Å². The van der Waals surface area contributed by atoms with Crippen LogP contribution < -0.4 is 5.32 Å². The molecule has 0 aliphatic carbocycles. The number of aryl methyl sites for hydroxylation is 1. The predicted octanol–water partition coefficient (Wildman–Crippen LogP) is 1.93. The lowest BCUT2D eigenvalue weighted by Gasteiger charge is -2.31. The van der Waals surface area contributed by atoms with Crippen LogP contribution in [0.1, 0.15) is 18.4 Å². The maximum Gasteiger partial charge on any atom is 0.246 e. The number of rotatable bonds is 3. The van der Waals surface area contributed by atoms with Crippen molar-refractivity contribution in [3.8, 4) is 0 Å². The largest absolute Gasteiger partial charge is 0.317 e. The molecule has 7 heteroatoms. The molecule has 20 heavy (non-hydrogen) atoms. The third-order valence-electron chi connectivity index (χ3n) is 3.62. The van der Waals surface area contributed by atoms with Gasteiger partial charge in [0.05, 0.1) is 0 Å². The van der Waals surface area contributed by atoms with E-state index >= 15 is 0 Å². The second kappa shape index (κ2) is 6.85. The molecule has 1 aromatic carbocycles. The molecule has 0 aromatic heterocycles. The standard InChI is InChI=1S/C13H19FN2O2S.ClH/c1-10-4-3-5-12(14)13(10)19(17,18)16-8-6-11(15-2)7-9-16;/h3-5,11,15H,6-9H2,1-2H3;1H. The second-order valence-electron chi connectivity index (χ2n) is 4.85. The van der Waals surface area contributed by atoms with Crippen LogP contribution in [0.25, 0.3) is 0 Å². The highest BCUT2D eigenvalue weighted by Gasteiger charge is 2.31. The van der Waals surface area contributed by atoms with Crippen LogP contribution >= 0.6 is 12.4 Å². The van der Waals surface area contributed by atoms with E-state index < -0.39 is 15.8 Å². The van der Waals surface area contributed by atoms with Gasteiger partial charge >= 0.3 is 0 Å². The molecular weight excluding hydrogens is 303 g/mol. The van der Waals surface area contributed by atoms with Gasteiger partial charge in [-0.25, -0.2) is 12.8 Å². The minimum absolute atomic E-state index is 0. The van der Waals surface area contributed by atoms with Crippen molar-refractivity contribution in [1.29, 1.82) is 0 Å². The molecule has 4 nitrogen and oxygen atoms in total. The van der Waals surface area contributed by atoms with E-state index in [-0.39, 0.29) is 17.3 Å². The second-order valence-corrected chi connectivity index (χ2v) is 6.73. The van der Waals surface area contributed by atoms with Crippen molar-refractivity contribution in [2.75, 3.05) is 20.1 Å². The molecule has 1 saturated heterocycles. The van der Waals surface area contributed by atoms with E-state index in [9.17, 15) is 12.8 Å². The maximum absolute atomic E-state index is 13.8. The normalized spacial score (nSPS) is 17.8. The number of benzene rings is 1. The monoisotopic (exact) mass is 322 g/mol. The van der Waals surface area contributed by atoms with Crippen LogP contribution in [0.3, 0.4) is 0 Å². The van der Waals surface area contributed by atoms with Gasteiger partial charge in [-0.2, -0.15) is 4.31 Å². The lowest BCUT2D eigenvalue weighted by molar-refractivity contribution is 0.297. The van der Waals surface area contributed by atoms with Crippen LogP contribution in [0.5, 0.6) is 0 Å². The summed E-state index contributed by atoms with van der Waals surface area (Å²) in [5.41, 5.74) is 0.454. The van der Waals surface area contributed by atoms with E-state index in [0.29, 0.717) is 24.7 Å². The molecule has 1 N–H and O–H groups in total. The van der Waals surface area contributed by atoms with Crippen LogP contribution in [-0.4, -0.2) is 38.9 Å². The van der Waals surface area contributed by atoms with Crippen molar-refractivity contribution < 1.29 is 12.8 Å². The third kappa shape index (κ3) is 3.31. The maximum atomic E-state index is 13.8. The Labute approximate surface area is 125 Å². The van der Waals surface area contributed by atoms with Gasteiger partial charge in [-0.1, -0.05) is 12.1 Å². The average molecular weight is 323 g/mol. The molecule has 2 rings (SSSR count). The smallest absolute Gasteiger partial charge is 0.246 e. The Morgan fingerprint density at radius 2 is 1.90 bits per heavy atom. The number of nitrogens with one attached hydrogen (secondary N) is 1. The zero-order valence-corrected chi connectivity index (χ0v) is 13.2. The van der Waals surface area contributed by atoms with Gasteiger partial charge in [-0.05, 0) is 38.4 Å². The van der Waals surface area contributed by atoms with Gasteiger partial charge in [-0.3, -0.25) is 0 Å². The van der Waals surface area contributed by atoms with Gasteiger partial charge in [0.2, 0.25) is 10.0 Å². The van der Waals surface area contributed by atoms with E-state index in [1.54, 1.807) is 13.0 Å². The van der Waals surface area contributed by atoms with Crippen LogP contribution in [0.4, 0.5) is 4.39 Å². The van der Waals surface area contributed by atoms with Crippen LogP contribution in [0.15, 0.2) is 23.1 Å². The summed E-state index contributed by atoms with van der Waals surface area (Å²) in [4.78, 5) is -0.182. The molecule has 0 bridgehead atoms. The average Bonchev–Trinajstić information content (AvgIpc) is 2.38. The van der Waals surface area contributed by atoms with Crippen LogP contribution in [-0.2, 0) is 10.0 Å². The minimum Gasteiger partial charge on any atom is -0.317 e. The van der Waals surface area contributed by atoms with Crippen molar-refractivity contribution in [3.63, 3.8) is 0 Å². The number of hydrogen-bond acceptors (Lipinski definition) is 3. The summed E-state index contributed by atoms with van der Waals surface area (Å²) in [5, 5.41) is 3.14. The zero-order chi connectivity index (χ0) is 14.0. The first kappa shape index (κ1) is 17.4. The summed E-state index contributed by atoms with van der Waals surface area (Å²) in [6, 6.07) is 4.68. The summed E-state index contributed by atoms with van der Waals surface area (Å²) in [5.74, 6) is -0.671. The van der Waals surface area contributed by atoms with E-state index in [2.05, 4.69) is 5.32 Å². The van der Waals surface area contributed by atoms with Crippen molar-refractivity contribution in [1.82, 2.24) is 9.62 Å². The van der Waals surface area contributed by atoms with Gasteiger partial charge in [-0.15, -0.1) is 12.4 Å². The Balaban J connectivity index is 0.00000200. The lowest BCUT2D eigenvalue weighted by Crippen LogP contribution is -2.44. The highest BCUT2D eigenvalue weighted by atomic mass is 35.5. The van der Waals surface area contributed by atoms with Gasteiger partial charge in [0.15, 0.2) is 0 Å². The van der Waals surface area contributed by atoms with Crippen LogP contribution in [0, 0.1) is 12.7 Å². The van der Waals surface area contributed by atoms with E-state index in [0.717, 1.165) is 12.8 Å². The van der Waals surface area contributed by atoms with Crippen molar-refractivity contribution in [3.05, 3.63) is 29.6 Å². The third-order valence-corrected chi connectivity index (χ3v) is 5.70. The van der Waals surface area contributed by atoms with Gasteiger partial charge in [0.25, 0.3) is 0 Å². The first-order valence-corrected chi connectivity index (χ1v) is 7.83. The van der Waals surface area contributed by atoms with Gasteiger partial charge < -0.3 is 5.32 Å². The highest BCUT2D eigenvalue weighted by molar-refractivity contribution is 7.89. The molecule has 1 aliphatic rings. The summed E-state index contributed by atoms with van der Waals surface area (Å²) in [6.07, 6.45) is 1.51. The molecule has 0 radical (unpaired) electrons. The molecule has 114 valence electrons. The van der Waals surface area contributed by atoms with Gasteiger partial charge in [0, 0.05) is 19.1 Å². The Bertz CT molecular complexity index is 537. The summed E-state index contributed by atoms with van der Waals surface area (Å²) in [6.45, 7) is 2.49. The molecule has 0 unspecified atom stereocenters. The molecule has 0 spiro atoms. The molecule has 1 aromatic rings. The lowest BCUT2D eigenvalue weighted by atomic mass is 10.1. The quantitative estimate of drug-likeness (QED) is 0.925.